The lowest BCUT2D eigenvalue weighted by atomic mass is 9.86. The lowest BCUT2D eigenvalue weighted by Gasteiger charge is -2.19. The van der Waals surface area contributed by atoms with Crippen LogP contribution >= 0.6 is 0 Å². The Morgan fingerprint density at radius 3 is 1.67 bits per heavy atom. The molecule has 0 aliphatic carbocycles. The first-order valence-corrected chi connectivity index (χ1v) is 20.1. The molecule has 0 unspecified atom stereocenters. The van der Waals surface area contributed by atoms with Gasteiger partial charge in [-0.3, -0.25) is 0 Å². The Labute approximate surface area is 344 Å². The molecule has 0 spiro atoms. The summed E-state index contributed by atoms with van der Waals surface area (Å²) in [6.45, 7) is 0. The number of hydrogen-bond donors (Lipinski definition) is 0. The van der Waals surface area contributed by atoms with Gasteiger partial charge in [-0.05, 0) is 63.4 Å². The van der Waals surface area contributed by atoms with Crippen LogP contribution in [0, 0.1) is 0 Å². The molecular weight excluding hydrogens is 735 g/mol. The van der Waals surface area contributed by atoms with Crippen molar-refractivity contribution in [1.29, 1.82) is 0 Å². The number of fused-ring (bicyclic) bond motifs is 8. The van der Waals surface area contributed by atoms with E-state index in [2.05, 4.69) is 152 Å². The summed E-state index contributed by atoms with van der Waals surface area (Å²) in [5.74, 6) is 1.70. The van der Waals surface area contributed by atoms with Gasteiger partial charge in [0.05, 0.1) is 0 Å². The largest absolute Gasteiger partial charge is 0.456 e. The van der Waals surface area contributed by atoms with Crippen LogP contribution in [0.2, 0.25) is 0 Å². The molecule has 0 aliphatic heterocycles. The van der Waals surface area contributed by atoms with Crippen molar-refractivity contribution in [1.82, 2.24) is 15.0 Å². The number of hydrogen-bond acceptors (Lipinski definition) is 5. The lowest BCUT2D eigenvalue weighted by Crippen LogP contribution is -2.02. The second kappa shape index (κ2) is 13.8. The van der Waals surface area contributed by atoms with Crippen molar-refractivity contribution < 1.29 is 8.83 Å². The predicted molar refractivity (Wildman–Crippen MR) is 245 cm³/mol. The molecule has 0 fully saturated rings. The van der Waals surface area contributed by atoms with Gasteiger partial charge in [0.1, 0.15) is 22.3 Å². The van der Waals surface area contributed by atoms with Crippen LogP contribution < -0.4 is 0 Å². The standard InChI is InChI=1S/C55H33N3O2/c1-4-16-34(17-5-1)38-32-44(42-26-14-25-41-40-24-12-13-28-46(40)60-52(41)42)49(36-19-6-2-7-20-36)45(33-38)55-57-53(37-21-8-3-9-22-37)56-54(58-55)43-27-15-29-47-51(43)50-39-23-11-10-18-35(39)30-31-48(50)59-47/h1-33H. The van der Waals surface area contributed by atoms with Crippen LogP contribution in [0.5, 0.6) is 0 Å². The smallest absolute Gasteiger partial charge is 0.164 e. The predicted octanol–water partition coefficient (Wildman–Crippen LogP) is 14.8. The Morgan fingerprint density at radius 1 is 0.300 bits per heavy atom. The Balaban J connectivity index is 1.21. The van der Waals surface area contributed by atoms with Gasteiger partial charge in [-0.25, -0.2) is 15.0 Å². The highest BCUT2D eigenvalue weighted by Crippen LogP contribution is 2.47. The summed E-state index contributed by atoms with van der Waals surface area (Å²) in [6, 6.07) is 69.1. The topological polar surface area (TPSA) is 65.0 Å². The molecule has 0 atom stereocenters. The molecule has 0 radical (unpaired) electrons. The van der Waals surface area contributed by atoms with Crippen LogP contribution in [-0.4, -0.2) is 15.0 Å². The van der Waals surface area contributed by atoms with Crippen molar-refractivity contribution in [3.63, 3.8) is 0 Å². The number of rotatable bonds is 6. The summed E-state index contributed by atoms with van der Waals surface area (Å²) < 4.78 is 13.3. The SMILES string of the molecule is c1ccc(-c2cc(-c3nc(-c4ccccc4)nc(-c4cccc5oc6ccc7ccccc7c6c45)n3)c(-c3ccccc3)c(-c3cccc4c3oc3ccccc34)c2)cc1. The fraction of sp³-hybridized carbons (Fsp3) is 0. The van der Waals surface area contributed by atoms with Gasteiger partial charge in [0, 0.05) is 49.4 Å². The molecule has 5 nitrogen and oxygen atoms in total. The number of para-hydroxylation sites is 2. The molecule has 9 aromatic carbocycles. The zero-order valence-electron chi connectivity index (χ0n) is 32.2. The third kappa shape index (κ3) is 5.52. The van der Waals surface area contributed by atoms with Gasteiger partial charge in [0.2, 0.25) is 0 Å². The van der Waals surface area contributed by atoms with E-state index in [-0.39, 0.29) is 0 Å². The van der Waals surface area contributed by atoms with Gasteiger partial charge < -0.3 is 8.83 Å². The van der Waals surface area contributed by atoms with E-state index in [4.69, 9.17) is 23.8 Å². The summed E-state index contributed by atoms with van der Waals surface area (Å²) in [4.78, 5) is 16.1. The average molecular weight is 768 g/mol. The summed E-state index contributed by atoms with van der Waals surface area (Å²) in [5, 5.41) is 6.42. The minimum atomic E-state index is 0.558. The molecule has 12 rings (SSSR count). The third-order valence-electron chi connectivity index (χ3n) is 11.5. The highest BCUT2D eigenvalue weighted by atomic mass is 16.3. The van der Waals surface area contributed by atoms with Crippen molar-refractivity contribution in [3.05, 3.63) is 200 Å². The Kier molecular flexibility index (Phi) is 7.78. The van der Waals surface area contributed by atoms with Gasteiger partial charge in [0.25, 0.3) is 0 Å². The Hall–Kier alpha value is -8.15. The van der Waals surface area contributed by atoms with E-state index in [1.54, 1.807) is 0 Å². The molecule has 3 heterocycles. The normalized spacial score (nSPS) is 11.7. The van der Waals surface area contributed by atoms with Crippen molar-refractivity contribution in [2.45, 2.75) is 0 Å². The van der Waals surface area contributed by atoms with Crippen LogP contribution in [0.1, 0.15) is 0 Å². The summed E-state index contributed by atoms with van der Waals surface area (Å²) >= 11 is 0. The van der Waals surface area contributed by atoms with Crippen molar-refractivity contribution in [2.75, 3.05) is 0 Å². The zero-order valence-corrected chi connectivity index (χ0v) is 32.2. The van der Waals surface area contributed by atoms with Gasteiger partial charge >= 0.3 is 0 Å². The van der Waals surface area contributed by atoms with Crippen molar-refractivity contribution in [3.8, 4) is 67.5 Å². The van der Waals surface area contributed by atoms with E-state index in [0.717, 1.165) is 105 Å². The van der Waals surface area contributed by atoms with E-state index in [0.29, 0.717) is 17.5 Å². The van der Waals surface area contributed by atoms with Crippen LogP contribution in [-0.2, 0) is 0 Å². The van der Waals surface area contributed by atoms with E-state index >= 15 is 0 Å². The molecule has 0 saturated carbocycles. The fourth-order valence-electron chi connectivity index (χ4n) is 8.81. The molecule has 0 amide bonds. The minimum Gasteiger partial charge on any atom is -0.456 e. The monoisotopic (exact) mass is 767 g/mol. The molecule has 12 aromatic rings. The Bertz CT molecular complexity index is 3590. The van der Waals surface area contributed by atoms with E-state index in [1.165, 1.54) is 0 Å². The van der Waals surface area contributed by atoms with E-state index in [9.17, 15) is 0 Å². The van der Waals surface area contributed by atoms with Gasteiger partial charge in [-0.1, -0.05) is 170 Å². The van der Waals surface area contributed by atoms with Crippen LogP contribution in [0.15, 0.2) is 209 Å². The summed E-state index contributed by atoms with van der Waals surface area (Å²) in [5.41, 5.74) is 12.1. The van der Waals surface area contributed by atoms with Crippen molar-refractivity contribution >= 4 is 54.6 Å². The number of aromatic nitrogens is 3. The van der Waals surface area contributed by atoms with Gasteiger partial charge in [-0.2, -0.15) is 0 Å². The molecular formula is C55H33N3O2. The van der Waals surface area contributed by atoms with Crippen LogP contribution in [0.25, 0.3) is 122 Å². The average Bonchev–Trinajstić information content (AvgIpc) is 3.91. The number of benzene rings is 9. The second-order valence-corrected chi connectivity index (χ2v) is 15.1. The van der Waals surface area contributed by atoms with Crippen LogP contribution in [0.3, 0.4) is 0 Å². The highest BCUT2D eigenvalue weighted by molar-refractivity contribution is 6.22. The zero-order chi connectivity index (χ0) is 39.6. The number of nitrogens with zero attached hydrogens (tertiary/aromatic N) is 3. The maximum absolute atomic E-state index is 6.72. The first-order chi connectivity index (χ1) is 29.7. The first-order valence-electron chi connectivity index (χ1n) is 20.1. The maximum atomic E-state index is 6.72. The quantitative estimate of drug-likeness (QED) is 0.169. The Morgan fingerprint density at radius 2 is 0.867 bits per heavy atom. The lowest BCUT2D eigenvalue weighted by molar-refractivity contribution is 0.669. The molecule has 60 heavy (non-hydrogen) atoms. The molecule has 3 aromatic heterocycles. The molecule has 280 valence electrons. The summed E-state index contributed by atoms with van der Waals surface area (Å²) in [6.07, 6.45) is 0. The fourth-order valence-corrected chi connectivity index (χ4v) is 8.81. The second-order valence-electron chi connectivity index (χ2n) is 15.1. The number of furan rings is 2. The molecule has 0 aliphatic rings. The highest BCUT2D eigenvalue weighted by Gasteiger charge is 2.24. The van der Waals surface area contributed by atoms with E-state index in [1.807, 2.05) is 48.5 Å². The molecule has 5 heteroatoms. The third-order valence-corrected chi connectivity index (χ3v) is 11.5. The minimum absolute atomic E-state index is 0.558. The molecule has 0 saturated heterocycles. The molecule has 0 bridgehead atoms. The van der Waals surface area contributed by atoms with Gasteiger partial charge in [-0.15, -0.1) is 0 Å². The van der Waals surface area contributed by atoms with Gasteiger partial charge in [0.15, 0.2) is 17.5 Å². The first kappa shape index (κ1) is 33.9. The molecule has 0 N–H and O–H groups in total. The summed E-state index contributed by atoms with van der Waals surface area (Å²) in [7, 11) is 0. The van der Waals surface area contributed by atoms with E-state index < -0.39 is 0 Å². The van der Waals surface area contributed by atoms with Crippen molar-refractivity contribution in [2.24, 2.45) is 0 Å². The maximum Gasteiger partial charge on any atom is 0.164 e. The van der Waals surface area contributed by atoms with Crippen LogP contribution in [0.4, 0.5) is 0 Å².